The molecule has 9 heteroatoms. The highest BCUT2D eigenvalue weighted by atomic mass is 19.1. The number of nitrogens with one attached hydrogen (secondary N) is 1. The largest absolute Gasteiger partial charge is 0.386 e. The standard InChI is InChI=1S/C23H31FN4O4/c1-15-9-19(10-22(30)32-15)28(2)8-7-21(29)27-20(11-24)23(31)17-5-3-16(4-6-17)18-12-25-14-26-13-18/h3-6,12-15,19-20,22-23,30-31H,7-11H2,1-2H3,(H,27,29)/t15-,19+,20-,22-,23-/m1/s1. The molecule has 174 valence electrons. The predicted octanol–water partition coefficient (Wildman–Crippen LogP) is 1.84. The van der Waals surface area contributed by atoms with Gasteiger partial charge in [-0.3, -0.25) is 4.79 Å². The quantitative estimate of drug-likeness (QED) is 0.539. The zero-order chi connectivity index (χ0) is 23.1. The fraction of sp³-hybridized carbons (Fsp3) is 0.522. The van der Waals surface area contributed by atoms with Crippen LogP contribution in [0.2, 0.25) is 0 Å². The van der Waals surface area contributed by atoms with Gasteiger partial charge in [-0.05, 0) is 31.5 Å². The molecular formula is C23H31FN4O4. The van der Waals surface area contributed by atoms with Crippen molar-refractivity contribution in [1.29, 1.82) is 0 Å². The van der Waals surface area contributed by atoms with Gasteiger partial charge in [0.05, 0.1) is 12.1 Å². The highest BCUT2D eigenvalue weighted by Gasteiger charge is 2.29. The summed E-state index contributed by atoms with van der Waals surface area (Å²) in [4.78, 5) is 22.4. The Morgan fingerprint density at radius 1 is 1.25 bits per heavy atom. The molecule has 32 heavy (non-hydrogen) atoms. The van der Waals surface area contributed by atoms with Crippen LogP contribution in [0, 0.1) is 0 Å². The summed E-state index contributed by atoms with van der Waals surface area (Å²) in [5.41, 5.74) is 2.22. The summed E-state index contributed by atoms with van der Waals surface area (Å²) in [6.45, 7) is 1.48. The number of hydrogen-bond donors (Lipinski definition) is 3. The summed E-state index contributed by atoms with van der Waals surface area (Å²) in [7, 11) is 1.89. The highest BCUT2D eigenvalue weighted by molar-refractivity contribution is 5.76. The summed E-state index contributed by atoms with van der Waals surface area (Å²) in [6, 6.07) is 6.07. The molecule has 0 bridgehead atoms. The van der Waals surface area contributed by atoms with E-state index in [4.69, 9.17) is 4.74 Å². The minimum Gasteiger partial charge on any atom is -0.386 e. The van der Waals surface area contributed by atoms with Crippen molar-refractivity contribution < 1.29 is 24.1 Å². The van der Waals surface area contributed by atoms with E-state index in [-0.39, 0.29) is 24.5 Å². The number of nitrogens with zero attached hydrogens (tertiary/aromatic N) is 3. The first-order valence-electron chi connectivity index (χ1n) is 10.8. The molecule has 1 fully saturated rings. The van der Waals surface area contributed by atoms with Crippen molar-refractivity contribution in [2.45, 2.75) is 56.8 Å². The van der Waals surface area contributed by atoms with Crippen LogP contribution in [0.4, 0.5) is 4.39 Å². The second-order valence-corrected chi connectivity index (χ2v) is 8.28. The number of amides is 1. The Kier molecular flexibility index (Phi) is 8.63. The fourth-order valence-electron chi connectivity index (χ4n) is 3.95. The number of rotatable bonds is 9. The zero-order valence-electron chi connectivity index (χ0n) is 18.4. The molecule has 0 spiro atoms. The van der Waals surface area contributed by atoms with Crippen molar-refractivity contribution in [3.05, 3.63) is 48.5 Å². The van der Waals surface area contributed by atoms with Crippen molar-refractivity contribution in [2.24, 2.45) is 0 Å². The Balaban J connectivity index is 1.52. The maximum Gasteiger partial charge on any atom is 0.221 e. The predicted molar refractivity (Wildman–Crippen MR) is 117 cm³/mol. The number of carbonyl (C=O) groups is 1. The molecule has 0 unspecified atom stereocenters. The van der Waals surface area contributed by atoms with Gasteiger partial charge in [0.2, 0.25) is 5.91 Å². The molecular weight excluding hydrogens is 415 g/mol. The van der Waals surface area contributed by atoms with Gasteiger partial charge < -0.3 is 25.2 Å². The third kappa shape index (κ3) is 6.52. The van der Waals surface area contributed by atoms with Crippen molar-refractivity contribution in [2.75, 3.05) is 20.3 Å². The van der Waals surface area contributed by atoms with E-state index in [1.165, 1.54) is 6.33 Å². The second kappa shape index (κ2) is 11.4. The SMILES string of the molecule is C[C@@H]1C[C@H](N(C)CCC(=O)N[C@H](CF)[C@H](O)c2ccc(-c3cncnc3)cc2)C[C@H](O)O1. The molecule has 0 aliphatic carbocycles. The Morgan fingerprint density at radius 3 is 2.56 bits per heavy atom. The second-order valence-electron chi connectivity index (χ2n) is 8.28. The molecule has 3 N–H and O–H groups in total. The van der Waals surface area contributed by atoms with E-state index in [1.807, 2.05) is 18.9 Å². The molecule has 8 nitrogen and oxygen atoms in total. The van der Waals surface area contributed by atoms with E-state index in [2.05, 4.69) is 15.3 Å². The van der Waals surface area contributed by atoms with Crippen molar-refractivity contribution in [3.8, 4) is 11.1 Å². The maximum atomic E-state index is 13.6. The molecule has 0 saturated carbocycles. The van der Waals surface area contributed by atoms with Gasteiger partial charge in [0.25, 0.3) is 0 Å². The van der Waals surface area contributed by atoms with E-state index in [0.717, 1.165) is 17.5 Å². The monoisotopic (exact) mass is 446 g/mol. The van der Waals surface area contributed by atoms with Gasteiger partial charge in [-0.25, -0.2) is 14.4 Å². The molecule has 1 aliphatic rings. The molecule has 1 aromatic carbocycles. The van der Waals surface area contributed by atoms with Crippen LogP contribution in [0.3, 0.4) is 0 Å². The number of carbonyl (C=O) groups excluding carboxylic acids is 1. The number of aliphatic hydroxyl groups is 2. The number of alkyl halides is 1. The van der Waals surface area contributed by atoms with Crippen LogP contribution in [-0.4, -0.2) is 75.7 Å². The number of halogens is 1. The Labute approximate surface area is 187 Å². The molecule has 2 heterocycles. The number of aromatic nitrogens is 2. The zero-order valence-corrected chi connectivity index (χ0v) is 18.4. The lowest BCUT2D eigenvalue weighted by Gasteiger charge is -2.36. The van der Waals surface area contributed by atoms with Crippen molar-refractivity contribution in [1.82, 2.24) is 20.2 Å². The molecule has 5 atom stereocenters. The van der Waals surface area contributed by atoms with Gasteiger partial charge in [-0.15, -0.1) is 0 Å². The third-order valence-electron chi connectivity index (χ3n) is 5.82. The summed E-state index contributed by atoms with van der Waals surface area (Å²) in [6.07, 6.45) is 4.21. The van der Waals surface area contributed by atoms with Crippen LogP contribution in [0.15, 0.2) is 43.0 Å². The molecule has 1 amide bonds. The smallest absolute Gasteiger partial charge is 0.221 e. The minimum atomic E-state index is -1.17. The minimum absolute atomic E-state index is 0.0492. The molecule has 2 aromatic rings. The lowest BCUT2D eigenvalue weighted by atomic mass is 9.99. The van der Waals surface area contributed by atoms with Crippen LogP contribution in [0.5, 0.6) is 0 Å². The molecule has 1 aromatic heterocycles. The summed E-state index contributed by atoms with van der Waals surface area (Å²) >= 11 is 0. The average Bonchev–Trinajstić information content (AvgIpc) is 2.80. The van der Waals surface area contributed by atoms with Crippen molar-refractivity contribution >= 4 is 5.91 Å². The lowest BCUT2D eigenvalue weighted by Crippen LogP contribution is -2.45. The van der Waals surface area contributed by atoms with E-state index < -0.39 is 25.1 Å². The Morgan fingerprint density at radius 2 is 1.94 bits per heavy atom. The Bertz CT molecular complexity index is 845. The number of hydrogen-bond acceptors (Lipinski definition) is 7. The maximum absolute atomic E-state index is 13.6. The number of ether oxygens (including phenoxy) is 1. The lowest BCUT2D eigenvalue weighted by molar-refractivity contribution is -0.173. The van der Waals surface area contributed by atoms with Crippen LogP contribution in [-0.2, 0) is 9.53 Å². The van der Waals surface area contributed by atoms with Gasteiger partial charge in [0.15, 0.2) is 6.29 Å². The molecule has 3 rings (SSSR count). The average molecular weight is 447 g/mol. The molecule has 1 aliphatic heterocycles. The van der Waals surface area contributed by atoms with Crippen LogP contribution in [0.1, 0.15) is 37.9 Å². The first kappa shape index (κ1) is 24.2. The topological polar surface area (TPSA) is 108 Å². The van der Waals surface area contributed by atoms with Gasteiger partial charge in [-0.1, -0.05) is 24.3 Å². The van der Waals surface area contributed by atoms with Gasteiger partial charge in [0, 0.05) is 43.4 Å². The van der Waals surface area contributed by atoms with Crippen LogP contribution >= 0.6 is 0 Å². The first-order chi connectivity index (χ1) is 15.4. The number of aliphatic hydroxyl groups excluding tert-OH is 2. The Hall–Kier alpha value is -2.46. The van der Waals surface area contributed by atoms with Crippen molar-refractivity contribution in [3.63, 3.8) is 0 Å². The summed E-state index contributed by atoms with van der Waals surface area (Å²) in [5.74, 6) is -0.336. The van der Waals surface area contributed by atoms with E-state index >= 15 is 0 Å². The van der Waals surface area contributed by atoms with Crippen LogP contribution in [0.25, 0.3) is 11.1 Å². The molecule has 1 saturated heterocycles. The normalized spacial score (nSPS) is 23.0. The molecule has 0 radical (unpaired) electrons. The van der Waals surface area contributed by atoms with Crippen LogP contribution < -0.4 is 5.32 Å². The number of benzene rings is 1. The van der Waals surface area contributed by atoms with E-state index in [0.29, 0.717) is 18.5 Å². The fourth-order valence-corrected chi connectivity index (χ4v) is 3.95. The van der Waals surface area contributed by atoms with E-state index in [1.54, 1.807) is 36.7 Å². The van der Waals surface area contributed by atoms with E-state index in [9.17, 15) is 19.4 Å². The van der Waals surface area contributed by atoms with Gasteiger partial charge in [0.1, 0.15) is 19.1 Å². The summed E-state index contributed by atoms with van der Waals surface area (Å²) in [5, 5.41) is 23.0. The summed E-state index contributed by atoms with van der Waals surface area (Å²) < 4.78 is 19.0. The highest BCUT2D eigenvalue weighted by Crippen LogP contribution is 2.24. The third-order valence-corrected chi connectivity index (χ3v) is 5.82. The van der Waals surface area contributed by atoms with Gasteiger partial charge >= 0.3 is 0 Å². The first-order valence-corrected chi connectivity index (χ1v) is 10.8. The van der Waals surface area contributed by atoms with Gasteiger partial charge in [-0.2, -0.15) is 0 Å².